The van der Waals surface area contributed by atoms with Gasteiger partial charge in [-0.2, -0.15) is 13.2 Å². The maximum Gasteiger partial charge on any atom is 0.417 e. The van der Waals surface area contributed by atoms with Crippen LogP contribution in [0.2, 0.25) is 0 Å². The van der Waals surface area contributed by atoms with Crippen LogP contribution in [-0.4, -0.2) is 30.7 Å². The lowest BCUT2D eigenvalue weighted by Crippen LogP contribution is -2.34. The van der Waals surface area contributed by atoms with Gasteiger partial charge in [0.25, 0.3) is 0 Å². The fourth-order valence-corrected chi connectivity index (χ4v) is 2.86. The van der Waals surface area contributed by atoms with Crippen molar-refractivity contribution in [1.82, 2.24) is 10.3 Å². The summed E-state index contributed by atoms with van der Waals surface area (Å²) in [5.41, 5.74) is -0.688. The van der Waals surface area contributed by atoms with Crippen molar-refractivity contribution in [3.8, 4) is 0 Å². The molecule has 3 nitrogen and oxygen atoms in total. The van der Waals surface area contributed by atoms with E-state index in [-0.39, 0.29) is 0 Å². The average molecular weight is 257 g/mol. The first-order valence-corrected chi connectivity index (χ1v) is 6.06. The molecule has 1 aromatic rings. The standard InChI is InChI=1S/C12H14F3N3/c13-12(14,15)9-1-2-11(17-6-9)18-4-3-8-5-16-7-10(8)18/h1-2,6,8,10,16H,3-5,7H2/t8-,10+/m0/s1. The smallest absolute Gasteiger partial charge is 0.352 e. The van der Waals surface area contributed by atoms with Gasteiger partial charge in [0.15, 0.2) is 0 Å². The molecule has 6 heteroatoms. The number of aromatic nitrogens is 1. The highest BCUT2D eigenvalue weighted by atomic mass is 19.4. The zero-order valence-corrected chi connectivity index (χ0v) is 9.74. The van der Waals surface area contributed by atoms with Gasteiger partial charge >= 0.3 is 6.18 Å². The van der Waals surface area contributed by atoms with Crippen LogP contribution < -0.4 is 10.2 Å². The highest BCUT2D eigenvalue weighted by molar-refractivity contribution is 5.43. The summed E-state index contributed by atoms with van der Waals surface area (Å²) in [7, 11) is 0. The fourth-order valence-electron chi connectivity index (χ4n) is 2.86. The molecule has 98 valence electrons. The quantitative estimate of drug-likeness (QED) is 0.833. The molecular weight excluding hydrogens is 243 g/mol. The molecule has 0 unspecified atom stereocenters. The zero-order chi connectivity index (χ0) is 12.8. The number of halogens is 3. The van der Waals surface area contributed by atoms with Crippen LogP contribution in [0.15, 0.2) is 18.3 Å². The monoisotopic (exact) mass is 257 g/mol. The van der Waals surface area contributed by atoms with E-state index in [1.54, 1.807) is 0 Å². The Balaban J connectivity index is 1.81. The third-order valence-electron chi connectivity index (χ3n) is 3.81. The largest absolute Gasteiger partial charge is 0.417 e. The molecule has 0 saturated carbocycles. The van der Waals surface area contributed by atoms with Gasteiger partial charge in [0.05, 0.1) is 5.56 Å². The van der Waals surface area contributed by atoms with Gasteiger partial charge in [-0.1, -0.05) is 0 Å². The Bertz CT molecular complexity index is 429. The number of pyridine rings is 1. The maximum absolute atomic E-state index is 12.4. The summed E-state index contributed by atoms with van der Waals surface area (Å²) in [6.07, 6.45) is -2.31. The molecule has 3 heterocycles. The molecule has 1 aromatic heterocycles. The number of rotatable bonds is 1. The fraction of sp³-hybridized carbons (Fsp3) is 0.583. The zero-order valence-electron chi connectivity index (χ0n) is 9.74. The van der Waals surface area contributed by atoms with Crippen LogP contribution in [0.25, 0.3) is 0 Å². The molecule has 2 aliphatic rings. The first-order chi connectivity index (χ1) is 8.55. The van der Waals surface area contributed by atoms with Crippen molar-refractivity contribution in [3.63, 3.8) is 0 Å². The Morgan fingerprint density at radius 3 is 2.78 bits per heavy atom. The van der Waals surface area contributed by atoms with Crippen molar-refractivity contribution in [2.75, 3.05) is 24.5 Å². The lowest BCUT2D eigenvalue weighted by molar-refractivity contribution is -0.137. The number of hydrogen-bond donors (Lipinski definition) is 1. The van der Waals surface area contributed by atoms with E-state index in [9.17, 15) is 13.2 Å². The van der Waals surface area contributed by atoms with Crippen LogP contribution in [0, 0.1) is 5.92 Å². The number of fused-ring (bicyclic) bond motifs is 1. The van der Waals surface area contributed by atoms with Crippen LogP contribution in [0.5, 0.6) is 0 Å². The van der Waals surface area contributed by atoms with Crippen molar-refractivity contribution in [1.29, 1.82) is 0 Å². The van der Waals surface area contributed by atoms with Crippen molar-refractivity contribution < 1.29 is 13.2 Å². The molecule has 3 rings (SSSR count). The predicted octanol–water partition coefficient (Wildman–Crippen LogP) is 1.90. The normalized spacial score (nSPS) is 27.6. The van der Waals surface area contributed by atoms with Gasteiger partial charge < -0.3 is 10.2 Å². The number of nitrogens with one attached hydrogen (secondary N) is 1. The van der Waals surface area contributed by atoms with Gasteiger partial charge in [0, 0.05) is 31.9 Å². The van der Waals surface area contributed by atoms with E-state index in [2.05, 4.69) is 15.2 Å². The van der Waals surface area contributed by atoms with Crippen LogP contribution in [0.4, 0.5) is 19.0 Å². The van der Waals surface area contributed by atoms with E-state index >= 15 is 0 Å². The minimum atomic E-state index is -4.31. The Kier molecular flexibility index (Phi) is 2.69. The third kappa shape index (κ3) is 1.94. The topological polar surface area (TPSA) is 28.2 Å². The molecule has 2 saturated heterocycles. The summed E-state index contributed by atoms with van der Waals surface area (Å²) in [5.74, 6) is 1.26. The third-order valence-corrected chi connectivity index (χ3v) is 3.81. The van der Waals surface area contributed by atoms with Gasteiger partial charge in [-0.3, -0.25) is 0 Å². The van der Waals surface area contributed by atoms with Crippen molar-refractivity contribution in [2.45, 2.75) is 18.6 Å². The van der Waals surface area contributed by atoms with Gasteiger partial charge in [-0.15, -0.1) is 0 Å². The maximum atomic E-state index is 12.4. The first kappa shape index (κ1) is 11.8. The van der Waals surface area contributed by atoms with Crippen LogP contribution in [0.1, 0.15) is 12.0 Å². The van der Waals surface area contributed by atoms with E-state index in [4.69, 9.17) is 0 Å². The Labute approximate surface area is 103 Å². The number of anilines is 1. The molecule has 2 atom stereocenters. The summed E-state index contributed by atoms with van der Waals surface area (Å²) >= 11 is 0. The second kappa shape index (κ2) is 4.12. The molecule has 0 spiro atoms. The lowest BCUT2D eigenvalue weighted by Gasteiger charge is -2.24. The molecule has 2 aliphatic heterocycles. The molecule has 0 aromatic carbocycles. The van der Waals surface area contributed by atoms with Crippen molar-refractivity contribution in [3.05, 3.63) is 23.9 Å². The minimum Gasteiger partial charge on any atom is -0.352 e. The van der Waals surface area contributed by atoms with E-state index in [1.165, 1.54) is 6.07 Å². The number of hydrogen-bond acceptors (Lipinski definition) is 3. The lowest BCUT2D eigenvalue weighted by atomic mass is 10.1. The molecule has 2 fully saturated rings. The number of nitrogens with zero attached hydrogens (tertiary/aromatic N) is 2. The van der Waals surface area contributed by atoms with Crippen LogP contribution >= 0.6 is 0 Å². The Hall–Kier alpha value is -1.30. The minimum absolute atomic E-state index is 0.384. The highest BCUT2D eigenvalue weighted by Gasteiger charge is 2.38. The predicted molar refractivity (Wildman–Crippen MR) is 61.3 cm³/mol. The van der Waals surface area contributed by atoms with Crippen LogP contribution in [-0.2, 0) is 6.18 Å². The molecule has 0 aliphatic carbocycles. The summed E-state index contributed by atoms with van der Waals surface area (Å²) in [6, 6.07) is 2.97. The van der Waals surface area contributed by atoms with Gasteiger partial charge in [0.1, 0.15) is 5.82 Å². The molecule has 18 heavy (non-hydrogen) atoms. The molecular formula is C12H14F3N3. The second-order valence-corrected chi connectivity index (χ2v) is 4.87. The first-order valence-electron chi connectivity index (χ1n) is 6.06. The second-order valence-electron chi connectivity index (χ2n) is 4.87. The highest BCUT2D eigenvalue weighted by Crippen LogP contribution is 2.33. The molecule has 0 radical (unpaired) electrons. The van der Waals surface area contributed by atoms with Crippen LogP contribution in [0.3, 0.4) is 0 Å². The van der Waals surface area contributed by atoms with Gasteiger partial charge in [-0.25, -0.2) is 4.98 Å². The Morgan fingerprint density at radius 2 is 2.11 bits per heavy atom. The Morgan fingerprint density at radius 1 is 1.28 bits per heavy atom. The van der Waals surface area contributed by atoms with E-state index in [0.29, 0.717) is 17.8 Å². The van der Waals surface area contributed by atoms with E-state index in [0.717, 1.165) is 38.3 Å². The summed E-state index contributed by atoms with van der Waals surface area (Å²) in [4.78, 5) is 6.08. The van der Waals surface area contributed by atoms with Gasteiger partial charge in [-0.05, 0) is 24.5 Å². The molecule has 0 bridgehead atoms. The SMILES string of the molecule is FC(F)(F)c1ccc(N2CC[C@H]3CNC[C@H]32)nc1. The number of alkyl halides is 3. The summed E-state index contributed by atoms with van der Waals surface area (Å²) < 4.78 is 37.3. The average Bonchev–Trinajstić information content (AvgIpc) is 2.89. The summed E-state index contributed by atoms with van der Waals surface area (Å²) in [5, 5.41) is 3.31. The summed E-state index contributed by atoms with van der Waals surface area (Å²) in [6.45, 7) is 2.78. The van der Waals surface area contributed by atoms with E-state index in [1.807, 2.05) is 0 Å². The van der Waals surface area contributed by atoms with Crippen molar-refractivity contribution >= 4 is 5.82 Å². The van der Waals surface area contributed by atoms with E-state index < -0.39 is 11.7 Å². The van der Waals surface area contributed by atoms with Crippen molar-refractivity contribution in [2.24, 2.45) is 5.92 Å². The van der Waals surface area contributed by atoms with Gasteiger partial charge in [0.2, 0.25) is 0 Å². The molecule has 1 N–H and O–H groups in total. The molecule has 0 amide bonds.